The Balaban J connectivity index is 1.53. The quantitative estimate of drug-likeness (QED) is 0.595. The fourth-order valence-electron chi connectivity index (χ4n) is 3.32. The van der Waals surface area contributed by atoms with E-state index in [2.05, 4.69) is 6.07 Å². The molecule has 4 rings (SSSR count). The Hall–Kier alpha value is -1.59. The van der Waals surface area contributed by atoms with E-state index in [-0.39, 0.29) is 36.1 Å². The predicted molar refractivity (Wildman–Crippen MR) is 77.8 cm³/mol. The number of esters is 1. The number of hydrogen-bond donors (Lipinski definition) is 0. The molecule has 0 N–H and O–H groups in total. The van der Waals surface area contributed by atoms with Crippen molar-refractivity contribution in [1.82, 2.24) is 0 Å². The van der Waals surface area contributed by atoms with Crippen LogP contribution in [-0.4, -0.2) is 38.0 Å². The molecule has 3 aliphatic rings. The van der Waals surface area contributed by atoms with E-state index in [1.54, 1.807) is 0 Å². The van der Waals surface area contributed by atoms with Crippen LogP contribution in [0.25, 0.3) is 0 Å². The van der Waals surface area contributed by atoms with Gasteiger partial charge in [0.2, 0.25) is 0 Å². The van der Waals surface area contributed by atoms with E-state index in [0.29, 0.717) is 13.2 Å². The van der Waals surface area contributed by atoms with Gasteiger partial charge in [-0.25, -0.2) is 0 Å². The topological polar surface area (TPSA) is 57.3 Å². The Morgan fingerprint density at radius 3 is 3.00 bits per heavy atom. The summed E-state index contributed by atoms with van der Waals surface area (Å²) in [6.07, 6.45) is 0.149. The van der Waals surface area contributed by atoms with Crippen molar-refractivity contribution in [1.29, 1.82) is 0 Å². The van der Waals surface area contributed by atoms with Gasteiger partial charge in [-0.2, -0.15) is 0 Å². The van der Waals surface area contributed by atoms with Gasteiger partial charge in [0.25, 0.3) is 0 Å². The normalized spacial score (nSPS) is 31.7. The maximum Gasteiger partial charge on any atom is 0.313 e. The molecule has 118 valence electrons. The van der Waals surface area contributed by atoms with E-state index in [9.17, 15) is 4.79 Å². The SMILES string of the molecule is CCOC(=O)C1C2Oc3cccc(C(C)OCC4CO4)c3C21. The summed E-state index contributed by atoms with van der Waals surface area (Å²) < 4.78 is 22.1. The maximum atomic E-state index is 12.0. The number of carbonyl (C=O) groups is 1. The van der Waals surface area contributed by atoms with E-state index in [0.717, 1.165) is 23.5 Å². The highest BCUT2D eigenvalue weighted by Gasteiger charge is 2.64. The van der Waals surface area contributed by atoms with Gasteiger partial charge >= 0.3 is 5.97 Å². The van der Waals surface area contributed by atoms with Gasteiger partial charge < -0.3 is 18.9 Å². The monoisotopic (exact) mass is 304 g/mol. The number of ether oxygens (including phenoxy) is 4. The molecule has 0 spiro atoms. The smallest absolute Gasteiger partial charge is 0.313 e. The Morgan fingerprint density at radius 2 is 2.27 bits per heavy atom. The van der Waals surface area contributed by atoms with Crippen molar-refractivity contribution in [2.24, 2.45) is 5.92 Å². The second-order valence-corrected chi connectivity index (χ2v) is 6.08. The summed E-state index contributed by atoms with van der Waals surface area (Å²) >= 11 is 0. The largest absolute Gasteiger partial charge is 0.489 e. The molecule has 1 aromatic carbocycles. The van der Waals surface area contributed by atoms with E-state index < -0.39 is 0 Å². The Kier molecular flexibility index (Phi) is 3.35. The lowest BCUT2D eigenvalue weighted by Gasteiger charge is -2.17. The molecule has 0 amide bonds. The average molecular weight is 304 g/mol. The first-order valence-corrected chi connectivity index (χ1v) is 7.90. The van der Waals surface area contributed by atoms with Gasteiger partial charge in [0.1, 0.15) is 23.9 Å². The molecular weight excluding hydrogens is 284 g/mol. The summed E-state index contributed by atoms with van der Waals surface area (Å²) in [5, 5.41) is 0. The van der Waals surface area contributed by atoms with Crippen molar-refractivity contribution in [3.63, 3.8) is 0 Å². The third kappa shape index (κ3) is 2.29. The van der Waals surface area contributed by atoms with Crippen LogP contribution in [-0.2, 0) is 19.0 Å². The molecule has 5 heteroatoms. The molecule has 1 saturated heterocycles. The molecule has 1 saturated carbocycles. The molecular formula is C17H20O5. The molecule has 0 bridgehead atoms. The van der Waals surface area contributed by atoms with E-state index in [4.69, 9.17) is 18.9 Å². The number of benzene rings is 1. The van der Waals surface area contributed by atoms with Crippen molar-refractivity contribution in [2.45, 2.75) is 38.1 Å². The molecule has 2 aliphatic heterocycles. The van der Waals surface area contributed by atoms with Crippen LogP contribution in [0, 0.1) is 5.92 Å². The molecule has 22 heavy (non-hydrogen) atoms. The van der Waals surface area contributed by atoms with Crippen LogP contribution in [0.15, 0.2) is 18.2 Å². The molecule has 0 radical (unpaired) electrons. The number of epoxide rings is 1. The first-order chi connectivity index (χ1) is 10.7. The zero-order chi connectivity index (χ0) is 15.3. The van der Waals surface area contributed by atoms with Crippen molar-refractivity contribution in [2.75, 3.05) is 19.8 Å². The average Bonchev–Trinajstić information content (AvgIpc) is 3.42. The zero-order valence-electron chi connectivity index (χ0n) is 12.8. The molecule has 5 atom stereocenters. The molecule has 5 nitrogen and oxygen atoms in total. The Labute approximate surface area is 129 Å². The highest BCUT2D eigenvalue weighted by atomic mass is 16.6. The van der Waals surface area contributed by atoms with Crippen molar-refractivity contribution >= 4 is 5.97 Å². The van der Waals surface area contributed by atoms with Crippen molar-refractivity contribution < 1.29 is 23.7 Å². The van der Waals surface area contributed by atoms with Gasteiger partial charge in [-0.15, -0.1) is 0 Å². The van der Waals surface area contributed by atoms with Crippen LogP contribution >= 0.6 is 0 Å². The van der Waals surface area contributed by atoms with Crippen LogP contribution in [0.5, 0.6) is 5.75 Å². The van der Waals surface area contributed by atoms with Crippen LogP contribution in [0.4, 0.5) is 0 Å². The molecule has 5 unspecified atom stereocenters. The lowest BCUT2D eigenvalue weighted by atomic mass is 9.98. The third-order valence-electron chi connectivity index (χ3n) is 4.58. The minimum Gasteiger partial charge on any atom is -0.489 e. The summed E-state index contributed by atoms with van der Waals surface area (Å²) in [4.78, 5) is 12.0. The predicted octanol–water partition coefficient (Wildman–Crippen LogP) is 2.20. The summed E-state index contributed by atoms with van der Waals surface area (Å²) in [5.74, 6) is 0.685. The first-order valence-electron chi connectivity index (χ1n) is 7.90. The fourth-order valence-corrected chi connectivity index (χ4v) is 3.32. The second-order valence-electron chi connectivity index (χ2n) is 6.08. The molecule has 0 aromatic heterocycles. The van der Waals surface area contributed by atoms with Gasteiger partial charge in [-0.1, -0.05) is 12.1 Å². The van der Waals surface area contributed by atoms with Crippen LogP contribution in [0.1, 0.15) is 37.0 Å². The highest BCUT2D eigenvalue weighted by molar-refractivity contribution is 5.81. The zero-order valence-corrected chi connectivity index (χ0v) is 12.8. The lowest BCUT2D eigenvalue weighted by molar-refractivity contribution is -0.145. The van der Waals surface area contributed by atoms with E-state index in [1.165, 1.54) is 0 Å². The van der Waals surface area contributed by atoms with Crippen LogP contribution in [0.2, 0.25) is 0 Å². The second kappa shape index (κ2) is 5.25. The van der Waals surface area contributed by atoms with Crippen molar-refractivity contribution in [3.8, 4) is 5.75 Å². The molecule has 2 fully saturated rings. The first kappa shape index (κ1) is 14.0. The number of fused-ring (bicyclic) bond motifs is 3. The molecule has 1 aliphatic carbocycles. The molecule has 1 aromatic rings. The van der Waals surface area contributed by atoms with E-state index >= 15 is 0 Å². The summed E-state index contributed by atoms with van der Waals surface area (Å²) in [5.41, 5.74) is 2.23. The number of hydrogen-bond acceptors (Lipinski definition) is 5. The maximum absolute atomic E-state index is 12.0. The fraction of sp³-hybridized carbons (Fsp3) is 0.588. The Morgan fingerprint density at radius 1 is 1.45 bits per heavy atom. The third-order valence-corrected chi connectivity index (χ3v) is 4.58. The number of rotatable bonds is 6. The highest BCUT2D eigenvalue weighted by Crippen LogP contribution is 2.60. The van der Waals surface area contributed by atoms with Gasteiger partial charge in [-0.3, -0.25) is 4.79 Å². The van der Waals surface area contributed by atoms with Crippen LogP contribution < -0.4 is 4.74 Å². The number of carbonyl (C=O) groups excluding carboxylic acids is 1. The van der Waals surface area contributed by atoms with Crippen molar-refractivity contribution in [3.05, 3.63) is 29.3 Å². The lowest BCUT2D eigenvalue weighted by Crippen LogP contribution is -2.14. The van der Waals surface area contributed by atoms with Gasteiger partial charge in [0, 0.05) is 11.5 Å². The summed E-state index contributed by atoms with van der Waals surface area (Å²) in [6.45, 7) is 5.67. The molecule has 2 heterocycles. The summed E-state index contributed by atoms with van der Waals surface area (Å²) in [6, 6.07) is 6.00. The standard InChI is InChI=1S/C17H20O5/c1-3-19-17(18)15-14-13-11(9(2)20-7-10-8-21-10)5-4-6-12(13)22-16(14)15/h4-6,9-10,14-16H,3,7-8H2,1-2H3. The minimum atomic E-state index is -0.160. The van der Waals surface area contributed by atoms with Gasteiger partial charge in [0.05, 0.1) is 25.9 Å². The van der Waals surface area contributed by atoms with Gasteiger partial charge in [0.15, 0.2) is 0 Å². The summed E-state index contributed by atoms with van der Waals surface area (Å²) in [7, 11) is 0. The van der Waals surface area contributed by atoms with E-state index in [1.807, 2.05) is 26.0 Å². The minimum absolute atomic E-state index is 0.0371. The Bertz CT molecular complexity index is 595. The van der Waals surface area contributed by atoms with Crippen LogP contribution in [0.3, 0.4) is 0 Å². The van der Waals surface area contributed by atoms with Gasteiger partial charge in [-0.05, 0) is 25.5 Å².